The van der Waals surface area contributed by atoms with Gasteiger partial charge in [0.25, 0.3) is 0 Å². The molecule has 0 unspecified atom stereocenters. The summed E-state index contributed by atoms with van der Waals surface area (Å²) in [6.07, 6.45) is 0.849. The van der Waals surface area contributed by atoms with E-state index in [9.17, 15) is 9.90 Å². The fourth-order valence-electron chi connectivity index (χ4n) is 3.35. The highest BCUT2D eigenvalue weighted by Crippen LogP contribution is 2.39. The second kappa shape index (κ2) is 6.04. The van der Waals surface area contributed by atoms with E-state index in [-0.39, 0.29) is 10.8 Å². The van der Waals surface area contributed by atoms with Gasteiger partial charge in [0.2, 0.25) is 0 Å². The summed E-state index contributed by atoms with van der Waals surface area (Å²) in [5.41, 5.74) is 4.30. The number of benzene rings is 2. The van der Waals surface area contributed by atoms with E-state index in [4.69, 9.17) is 16.1 Å². The SMILES string of the molecule is Cc1noc(C)c1-c1c(C=O)c2ccccc2n1-c1ccc(O)c(Cl)c1. The lowest BCUT2D eigenvalue weighted by Gasteiger charge is -2.12. The van der Waals surface area contributed by atoms with E-state index in [0.29, 0.717) is 22.7 Å². The summed E-state index contributed by atoms with van der Waals surface area (Å²) in [4.78, 5) is 12.0. The average molecular weight is 367 g/mol. The number of phenolic OH excluding ortho intramolecular Hbond substituents is 1. The number of rotatable bonds is 3. The molecular weight excluding hydrogens is 352 g/mol. The van der Waals surface area contributed by atoms with Crippen LogP contribution in [0.1, 0.15) is 21.8 Å². The molecule has 0 bridgehead atoms. The lowest BCUT2D eigenvalue weighted by atomic mass is 10.0. The van der Waals surface area contributed by atoms with Crippen molar-refractivity contribution < 1.29 is 14.4 Å². The van der Waals surface area contributed by atoms with Crippen molar-refractivity contribution in [3.8, 4) is 22.7 Å². The minimum Gasteiger partial charge on any atom is -0.506 e. The molecule has 26 heavy (non-hydrogen) atoms. The second-order valence-electron chi connectivity index (χ2n) is 6.07. The number of hydrogen-bond acceptors (Lipinski definition) is 4. The van der Waals surface area contributed by atoms with Crippen molar-refractivity contribution in [2.45, 2.75) is 13.8 Å². The number of nitrogens with zero attached hydrogens (tertiary/aromatic N) is 2. The molecule has 0 aliphatic heterocycles. The first-order chi connectivity index (χ1) is 12.5. The molecule has 2 aromatic carbocycles. The maximum atomic E-state index is 12.0. The molecule has 0 fully saturated rings. The smallest absolute Gasteiger partial charge is 0.152 e. The zero-order valence-electron chi connectivity index (χ0n) is 14.2. The summed E-state index contributed by atoms with van der Waals surface area (Å²) in [7, 11) is 0. The van der Waals surface area contributed by atoms with Gasteiger partial charge in [-0.3, -0.25) is 4.79 Å². The molecule has 0 atom stereocenters. The molecule has 1 N–H and O–H groups in total. The van der Waals surface area contributed by atoms with Gasteiger partial charge in [-0.05, 0) is 38.1 Å². The number of halogens is 1. The Morgan fingerprint density at radius 2 is 1.96 bits per heavy atom. The molecule has 0 radical (unpaired) electrons. The van der Waals surface area contributed by atoms with Crippen molar-refractivity contribution >= 4 is 28.8 Å². The van der Waals surface area contributed by atoms with Crippen LogP contribution < -0.4 is 0 Å². The highest BCUT2D eigenvalue weighted by atomic mass is 35.5. The Morgan fingerprint density at radius 3 is 2.62 bits per heavy atom. The first kappa shape index (κ1) is 16.4. The number of carbonyl (C=O) groups excluding carboxylic acids is 1. The third-order valence-corrected chi connectivity index (χ3v) is 4.79. The lowest BCUT2D eigenvalue weighted by molar-refractivity contribution is 0.112. The molecule has 4 aromatic rings. The third kappa shape index (κ3) is 2.32. The van der Waals surface area contributed by atoms with Crippen molar-refractivity contribution in [2.24, 2.45) is 0 Å². The van der Waals surface area contributed by atoms with E-state index in [2.05, 4.69) is 5.16 Å². The molecule has 4 rings (SSSR count). The fourth-order valence-corrected chi connectivity index (χ4v) is 3.53. The minimum atomic E-state index is 0.00128. The quantitative estimate of drug-likeness (QED) is 0.514. The van der Waals surface area contributed by atoms with Crippen LogP contribution in [0, 0.1) is 13.8 Å². The standard InChI is InChI=1S/C20H15ClN2O3/c1-11-19(12(2)26-22-11)20-15(10-24)14-5-3-4-6-17(14)23(20)13-7-8-18(25)16(21)9-13/h3-10,25H,1-2H3. The molecule has 130 valence electrons. The lowest BCUT2D eigenvalue weighted by Crippen LogP contribution is -1.99. The first-order valence-corrected chi connectivity index (χ1v) is 8.41. The number of carbonyl (C=O) groups is 1. The van der Waals surface area contributed by atoms with Crippen LogP contribution in [0.15, 0.2) is 47.0 Å². The van der Waals surface area contributed by atoms with Crippen LogP contribution in [-0.2, 0) is 0 Å². The van der Waals surface area contributed by atoms with Gasteiger partial charge < -0.3 is 14.2 Å². The Balaban J connectivity index is 2.19. The molecule has 5 nitrogen and oxygen atoms in total. The molecular formula is C20H15ClN2O3. The number of aromatic hydroxyl groups is 1. The van der Waals surface area contributed by atoms with Gasteiger partial charge in [0.1, 0.15) is 11.5 Å². The van der Waals surface area contributed by atoms with E-state index in [0.717, 1.165) is 28.4 Å². The Bertz CT molecular complexity index is 1140. The number of hydrogen-bond donors (Lipinski definition) is 1. The van der Waals surface area contributed by atoms with E-state index >= 15 is 0 Å². The molecule has 0 spiro atoms. The van der Waals surface area contributed by atoms with Gasteiger partial charge in [-0.1, -0.05) is 35.0 Å². The Kier molecular flexibility index (Phi) is 3.81. The van der Waals surface area contributed by atoms with Crippen molar-refractivity contribution in [3.05, 3.63) is 64.5 Å². The molecule has 0 aliphatic rings. The van der Waals surface area contributed by atoms with E-state index in [1.807, 2.05) is 42.7 Å². The number of aryl methyl sites for hydroxylation is 2. The molecule has 0 saturated heterocycles. The molecule has 6 heteroatoms. The summed E-state index contributed by atoms with van der Waals surface area (Å²) in [6, 6.07) is 12.6. The molecule has 2 heterocycles. The normalized spacial score (nSPS) is 11.2. The summed E-state index contributed by atoms with van der Waals surface area (Å²) in [5.74, 6) is 0.626. The predicted molar refractivity (Wildman–Crippen MR) is 100 cm³/mol. The maximum Gasteiger partial charge on any atom is 0.152 e. The number of fused-ring (bicyclic) bond motifs is 1. The average Bonchev–Trinajstić information content (AvgIpc) is 3.13. The largest absolute Gasteiger partial charge is 0.506 e. The van der Waals surface area contributed by atoms with E-state index in [1.54, 1.807) is 12.1 Å². The number of phenols is 1. The van der Waals surface area contributed by atoms with Gasteiger partial charge in [0.15, 0.2) is 6.29 Å². The summed E-state index contributed by atoms with van der Waals surface area (Å²) in [5, 5.41) is 14.9. The van der Waals surface area contributed by atoms with Gasteiger partial charge in [-0.15, -0.1) is 0 Å². The van der Waals surface area contributed by atoms with Gasteiger partial charge in [0, 0.05) is 16.6 Å². The van der Waals surface area contributed by atoms with Gasteiger partial charge in [-0.25, -0.2) is 0 Å². The van der Waals surface area contributed by atoms with Gasteiger partial charge >= 0.3 is 0 Å². The Morgan fingerprint density at radius 1 is 1.19 bits per heavy atom. The summed E-state index contributed by atoms with van der Waals surface area (Å²) < 4.78 is 7.27. The molecule has 0 saturated carbocycles. The van der Waals surface area contributed by atoms with Crippen LogP contribution >= 0.6 is 11.6 Å². The third-order valence-electron chi connectivity index (χ3n) is 4.49. The first-order valence-electron chi connectivity index (χ1n) is 8.03. The zero-order chi connectivity index (χ0) is 18.4. The summed E-state index contributed by atoms with van der Waals surface area (Å²) >= 11 is 6.13. The highest BCUT2D eigenvalue weighted by Gasteiger charge is 2.24. The number of aldehydes is 1. The van der Waals surface area contributed by atoms with E-state index < -0.39 is 0 Å². The van der Waals surface area contributed by atoms with E-state index in [1.165, 1.54) is 6.07 Å². The Labute approximate surface area is 154 Å². The number of aromatic nitrogens is 2. The van der Waals surface area contributed by atoms with Crippen LogP contribution in [0.25, 0.3) is 27.8 Å². The van der Waals surface area contributed by atoms with Crippen LogP contribution in [0.4, 0.5) is 0 Å². The number of para-hydroxylation sites is 1. The molecule has 0 aliphatic carbocycles. The van der Waals surface area contributed by atoms with Gasteiger partial charge in [0.05, 0.1) is 27.5 Å². The Hall–Kier alpha value is -3.05. The zero-order valence-corrected chi connectivity index (χ0v) is 14.9. The van der Waals surface area contributed by atoms with Crippen LogP contribution in [0.3, 0.4) is 0 Å². The molecule has 2 aromatic heterocycles. The van der Waals surface area contributed by atoms with Crippen LogP contribution in [0.5, 0.6) is 5.75 Å². The fraction of sp³-hybridized carbons (Fsp3) is 0.100. The second-order valence-corrected chi connectivity index (χ2v) is 6.47. The predicted octanol–water partition coefficient (Wildman–Crippen LogP) is 5.07. The van der Waals surface area contributed by atoms with Crippen molar-refractivity contribution in [3.63, 3.8) is 0 Å². The summed E-state index contributed by atoms with van der Waals surface area (Å²) in [6.45, 7) is 3.65. The van der Waals surface area contributed by atoms with Crippen LogP contribution in [-0.4, -0.2) is 21.1 Å². The monoisotopic (exact) mass is 366 g/mol. The van der Waals surface area contributed by atoms with Gasteiger partial charge in [-0.2, -0.15) is 0 Å². The highest BCUT2D eigenvalue weighted by molar-refractivity contribution is 6.32. The molecule has 0 amide bonds. The van der Waals surface area contributed by atoms with Crippen molar-refractivity contribution in [1.29, 1.82) is 0 Å². The van der Waals surface area contributed by atoms with Crippen molar-refractivity contribution in [2.75, 3.05) is 0 Å². The topological polar surface area (TPSA) is 68.3 Å². The van der Waals surface area contributed by atoms with Crippen LogP contribution in [0.2, 0.25) is 5.02 Å². The van der Waals surface area contributed by atoms with Crippen molar-refractivity contribution in [1.82, 2.24) is 9.72 Å². The minimum absolute atomic E-state index is 0.00128. The maximum absolute atomic E-state index is 12.0.